The van der Waals surface area contributed by atoms with Crippen molar-refractivity contribution in [3.05, 3.63) is 35.4 Å². The average molecular weight is 448 g/mol. The zero-order valence-electron chi connectivity index (χ0n) is 17.7. The van der Waals surface area contributed by atoms with E-state index in [0.29, 0.717) is 6.54 Å². The Bertz CT molecular complexity index is 487. The highest BCUT2D eigenvalue weighted by atomic mass is 16.2. The number of carbonyl (C=O) groups is 3. The molecule has 0 bridgehead atoms. The summed E-state index contributed by atoms with van der Waals surface area (Å²) >= 11 is 0. The largest absolute Gasteiger partial charge is 0.359 e. The van der Waals surface area contributed by atoms with Crippen molar-refractivity contribution in [2.45, 2.75) is 92.0 Å². The molecule has 0 aliphatic heterocycles. The van der Waals surface area contributed by atoms with Gasteiger partial charge < -0.3 is 16.0 Å². The summed E-state index contributed by atoms with van der Waals surface area (Å²) in [6, 6.07) is 7.54. The molecule has 190 valence electrons. The number of carbonyl (C=O) groups excluding carboxylic acids is 3. The van der Waals surface area contributed by atoms with E-state index in [2.05, 4.69) is 29.8 Å². The molecule has 6 nitrogen and oxygen atoms in total. The van der Waals surface area contributed by atoms with E-state index >= 15 is 0 Å². The van der Waals surface area contributed by atoms with Crippen molar-refractivity contribution >= 4 is 17.7 Å². The quantitative estimate of drug-likeness (QED) is 0.513. The van der Waals surface area contributed by atoms with Gasteiger partial charge in [-0.05, 0) is 32.9 Å². The highest BCUT2D eigenvalue weighted by Crippen LogP contribution is 2.02. The molecular weight excluding hydrogens is 390 g/mol. The fourth-order valence-electron chi connectivity index (χ4n) is 1.22. The van der Waals surface area contributed by atoms with Crippen LogP contribution < -0.4 is 16.0 Å². The van der Waals surface area contributed by atoms with E-state index in [1.165, 1.54) is 25.8 Å². The molecule has 3 N–H and O–H groups in total. The number of benzene rings is 1. The van der Waals surface area contributed by atoms with Gasteiger partial charge in [0.1, 0.15) is 0 Å². The third kappa shape index (κ3) is 47.1. The van der Waals surface area contributed by atoms with Crippen molar-refractivity contribution in [1.29, 1.82) is 0 Å². The summed E-state index contributed by atoms with van der Waals surface area (Å²) in [5.74, 6) is 0.0417. The molecule has 0 aliphatic rings. The summed E-state index contributed by atoms with van der Waals surface area (Å²) in [6.07, 6.45) is 1.25. The van der Waals surface area contributed by atoms with E-state index in [4.69, 9.17) is 0 Å². The van der Waals surface area contributed by atoms with Crippen molar-refractivity contribution in [2.75, 3.05) is 20.1 Å². The van der Waals surface area contributed by atoms with Gasteiger partial charge in [-0.25, -0.2) is 0 Å². The van der Waals surface area contributed by atoms with Crippen molar-refractivity contribution in [2.24, 2.45) is 0 Å². The molecule has 6 heteroatoms. The topological polar surface area (TPSA) is 87.3 Å². The number of hydrogen-bond acceptors (Lipinski definition) is 3. The predicted molar refractivity (Wildman–Crippen MR) is 143 cm³/mol. The molecule has 1 rings (SSSR count). The second-order valence-corrected chi connectivity index (χ2v) is 5.33. The second kappa shape index (κ2) is 38.3. The molecule has 0 aliphatic carbocycles. The van der Waals surface area contributed by atoms with Gasteiger partial charge in [-0.3, -0.25) is 14.4 Å². The van der Waals surface area contributed by atoms with Crippen LogP contribution in [0.25, 0.3) is 0 Å². The van der Waals surface area contributed by atoms with E-state index in [9.17, 15) is 14.4 Å². The molecule has 0 atom stereocenters. The van der Waals surface area contributed by atoms with Crippen LogP contribution in [0.15, 0.2) is 24.3 Å². The standard InChI is InChI=1S/C10H13NO.C4H9NO.C3H7NO.C3H8.5CH4/c1-3-11-10(12)9-6-4-8(2)5-7-9;1-3-5-4(2)6;1-3(5)4-2;1-3-2;;;;;/h4-7H,3H2,1-2H3,(H,11,12);3H2,1-2H3,(H,5,6);1-2H3,(H,4,5);3H2,1-2H3;5*1H4. The molecule has 0 aromatic heterocycles. The van der Waals surface area contributed by atoms with Crippen molar-refractivity contribution < 1.29 is 14.4 Å². The monoisotopic (exact) mass is 447 g/mol. The van der Waals surface area contributed by atoms with Crippen molar-refractivity contribution in [3.8, 4) is 0 Å². The van der Waals surface area contributed by atoms with Crippen LogP contribution in [0.5, 0.6) is 0 Å². The normalized spacial score (nSPS) is 6.84. The van der Waals surface area contributed by atoms with Gasteiger partial charge >= 0.3 is 0 Å². The van der Waals surface area contributed by atoms with Crippen LogP contribution >= 0.6 is 0 Å². The zero-order chi connectivity index (χ0) is 21.0. The molecule has 0 unspecified atom stereocenters. The molecule has 31 heavy (non-hydrogen) atoms. The van der Waals surface area contributed by atoms with Crippen LogP contribution in [0.3, 0.4) is 0 Å². The summed E-state index contributed by atoms with van der Waals surface area (Å²) in [5, 5.41) is 7.70. The van der Waals surface area contributed by atoms with Gasteiger partial charge in [0.25, 0.3) is 5.91 Å². The molecular formula is C25H57N3O3. The number of amides is 3. The zero-order valence-corrected chi connectivity index (χ0v) is 17.7. The Labute approximate surface area is 196 Å². The minimum Gasteiger partial charge on any atom is -0.359 e. The Morgan fingerprint density at radius 2 is 1.03 bits per heavy atom. The summed E-state index contributed by atoms with van der Waals surface area (Å²) in [6.45, 7) is 14.4. The van der Waals surface area contributed by atoms with Crippen LogP contribution in [-0.2, 0) is 9.59 Å². The van der Waals surface area contributed by atoms with Crippen molar-refractivity contribution in [3.63, 3.8) is 0 Å². The SMILES string of the molecule is C.C.C.C.C.CCC.CCNC(=O)c1ccc(C)cc1.CCNC(C)=O.CNC(C)=O. The van der Waals surface area contributed by atoms with Gasteiger partial charge in [0.05, 0.1) is 0 Å². The molecule has 0 fully saturated rings. The smallest absolute Gasteiger partial charge is 0.251 e. The minimum atomic E-state index is -0.00231. The maximum Gasteiger partial charge on any atom is 0.251 e. The molecule has 0 radical (unpaired) electrons. The fourth-order valence-corrected chi connectivity index (χ4v) is 1.22. The van der Waals surface area contributed by atoms with Gasteiger partial charge in [0.2, 0.25) is 11.8 Å². The highest BCUT2D eigenvalue weighted by molar-refractivity contribution is 5.94. The molecule has 0 saturated carbocycles. The fraction of sp³-hybridized carbons (Fsp3) is 0.640. The van der Waals surface area contributed by atoms with Crippen LogP contribution in [0.2, 0.25) is 0 Å². The summed E-state index contributed by atoms with van der Waals surface area (Å²) in [7, 11) is 1.60. The highest BCUT2D eigenvalue weighted by Gasteiger charge is 2.01. The first kappa shape index (κ1) is 51.4. The Kier molecular flexibility index (Phi) is 63.4. The maximum absolute atomic E-state index is 11.2. The van der Waals surface area contributed by atoms with E-state index in [1.807, 2.05) is 45.0 Å². The first-order valence-electron chi connectivity index (χ1n) is 8.97. The summed E-state index contributed by atoms with van der Waals surface area (Å²) in [4.78, 5) is 30.9. The Morgan fingerprint density at radius 3 is 1.23 bits per heavy atom. The van der Waals surface area contributed by atoms with E-state index in [-0.39, 0.29) is 54.9 Å². The molecule has 0 heterocycles. The van der Waals surface area contributed by atoms with E-state index in [0.717, 1.165) is 12.1 Å². The third-order valence-corrected chi connectivity index (χ3v) is 2.43. The number of hydrogen-bond donors (Lipinski definition) is 3. The van der Waals surface area contributed by atoms with Gasteiger partial charge in [-0.1, -0.05) is 75.1 Å². The third-order valence-electron chi connectivity index (χ3n) is 2.43. The lowest BCUT2D eigenvalue weighted by molar-refractivity contribution is -0.119. The Morgan fingerprint density at radius 1 is 0.710 bits per heavy atom. The number of aryl methyl sites for hydroxylation is 1. The predicted octanol–water partition coefficient (Wildman–Crippen LogP) is 6.24. The first-order valence-corrected chi connectivity index (χ1v) is 8.97. The molecule has 0 spiro atoms. The molecule has 1 aromatic rings. The number of rotatable bonds is 3. The lowest BCUT2D eigenvalue weighted by atomic mass is 10.1. The van der Waals surface area contributed by atoms with Crippen LogP contribution in [-0.4, -0.2) is 37.9 Å². The van der Waals surface area contributed by atoms with Crippen molar-refractivity contribution in [1.82, 2.24) is 16.0 Å². The van der Waals surface area contributed by atoms with Gasteiger partial charge in [0, 0.05) is 39.5 Å². The minimum absolute atomic E-state index is 0. The van der Waals surface area contributed by atoms with Crippen LogP contribution in [0.1, 0.15) is 101 Å². The first-order chi connectivity index (χ1) is 12.2. The lowest BCUT2D eigenvalue weighted by Gasteiger charge is -2.01. The summed E-state index contributed by atoms with van der Waals surface area (Å²) in [5.41, 5.74) is 1.89. The van der Waals surface area contributed by atoms with Gasteiger partial charge in [-0.15, -0.1) is 0 Å². The lowest BCUT2D eigenvalue weighted by Crippen LogP contribution is -2.22. The van der Waals surface area contributed by atoms with Gasteiger partial charge in [0.15, 0.2) is 0 Å². The van der Waals surface area contributed by atoms with E-state index in [1.54, 1.807) is 7.05 Å². The molecule has 0 saturated heterocycles. The van der Waals surface area contributed by atoms with Crippen LogP contribution in [0.4, 0.5) is 0 Å². The average Bonchev–Trinajstić information content (AvgIpc) is 2.57. The molecule has 1 aromatic carbocycles. The second-order valence-electron chi connectivity index (χ2n) is 5.33. The summed E-state index contributed by atoms with van der Waals surface area (Å²) < 4.78 is 0. The Hall–Kier alpha value is -2.37. The van der Waals surface area contributed by atoms with Gasteiger partial charge in [-0.2, -0.15) is 0 Å². The number of nitrogens with one attached hydrogen (secondary N) is 3. The molecule has 3 amide bonds. The maximum atomic E-state index is 11.2. The van der Waals surface area contributed by atoms with Crippen LogP contribution in [0, 0.1) is 6.92 Å². The van der Waals surface area contributed by atoms with E-state index < -0.39 is 0 Å². The Balaban J connectivity index is -0.0000000405.